The zero-order chi connectivity index (χ0) is 14.9. The van der Waals surface area contributed by atoms with Crippen molar-refractivity contribution in [3.8, 4) is 0 Å². The normalized spacial score (nSPS) is 28.9. The van der Waals surface area contributed by atoms with Gasteiger partial charge in [-0.1, -0.05) is 0 Å². The number of fused-ring (bicyclic) bond motifs is 1. The summed E-state index contributed by atoms with van der Waals surface area (Å²) in [7, 11) is 0. The van der Waals surface area contributed by atoms with Crippen molar-refractivity contribution in [2.45, 2.75) is 45.0 Å². The molecule has 0 spiro atoms. The molecule has 3 atom stereocenters. The molecule has 22 heavy (non-hydrogen) atoms. The van der Waals surface area contributed by atoms with Crippen LogP contribution in [0.15, 0.2) is 41.1 Å². The maximum Gasteiger partial charge on any atom is 0.118 e. The summed E-state index contributed by atoms with van der Waals surface area (Å²) in [5, 5.41) is 0. The van der Waals surface area contributed by atoms with Crippen molar-refractivity contribution in [2.24, 2.45) is 5.92 Å². The highest BCUT2D eigenvalue weighted by molar-refractivity contribution is 5.07. The molecule has 0 aromatic carbocycles. The molecule has 2 fully saturated rings. The minimum absolute atomic E-state index is 0.368. The number of hydrogen-bond acceptors (Lipinski definition) is 3. The molecule has 2 aromatic rings. The van der Waals surface area contributed by atoms with E-state index in [-0.39, 0.29) is 0 Å². The molecule has 1 aliphatic heterocycles. The van der Waals surface area contributed by atoms with Crippen LogP contribution in [0.2, 0.25) is 0 Å². The van der Waals surface area contributed by atoms with E-state index >= 15 is 0 Å². The number of rotatable bonds is 4. The molecule has 4 heteroatoms. The first-order chi connectivity index (χ1) is 10.8. The Morgan fingerprint density at radius 3 is 2.82 bits per heavy atom. The van der Waals surface area contributed by atoms with Gasteiger partial charge in [0, 0.05) is 37.4 Å². The molecule has 1 aliphatic carbocycles. The number of nitrogens with zero attached hydrogens (tertiary/aromatic N) is 2. The monoisotopic (exact) mass is 300 g/mol. The molecule has 0 N–H and O–H groups in total. The highest BCUT2D eigenvalue weighted by Gasteiger charge is 2.42. The fraction of sp³-hybridized carbons (Fsp3) is 0.556. The Morgan fingerprint density at radius 2 is 2.05 bits per heavy atom. The van der Waals surface area contributed by atoms with E-state index in [9.17, 15) is 0 Å². The Bertz CT molecular complexity index is 604. The van der Waals surface area contributed by atoms with Crippen molar-refractivity contribution in [1.82, 2.24) is 9.47 Å². The highest BCUT2D eigenvalue weighted by atomic mass is 16.5. The summed E-state index contributed by atoms with van der Waals surface area (Å²) in [6, 6.07) is 8.89. The van der Waals surface area contributed by atoms with Crippen LogP contribution in [-0.4, -0.2) is 34.8 Å². The summed E-state index contributed by atoms with van der Waals surface area (Å²) >= 11 is 0. The summed E-state index contributed by atoms with van der Waals surface area (Å²) in [6.45, 7) is 5.84. The van der Waals surface area contributed by atoms with Crippen LogP contribution >= 0.6 is 0 Å². The van der Waals surface area contributed by atoms with Crippen LogP contribution in [0.1, 0.15) is 24.4 Å². The molecule has 1 saturated carbocycles. The molecule has 2 aliphatic rings. The minimum atomic E-state index is 0.368. The van der Waals surface area contributed by atoms with Gasteiger partial charge in [-0.2, -0.15) is 0 Å². The van der Waals surface area contributed by atoms with Crippen molar-refractivity contribution in [3.05, 3.63) is 48.2 Å². The Morgan fingerprint density at radius 1 is 1.18 bits per heavy atom. The van der Waals surface area contributed by atoms with Crippen molar-refractivity contribution in [3.63, 3.8) is 0 Å². The van der Waals surface area contributed by atoms with Gasteiger partial charge in [0.05, 0.1) is 19.3 Å². The van der Waals surface area contributed by atoms with Crippen molar-refractivity contribution in [2.75, 3.05) is 13.2 Å². The van der Waals surface area contributed by atoms with Crippen LogP contribution in [0.4, 0.5) is 0 Å². The quantitative estimate of drug-likeness (QED) is 0.869. The molecule has 0 unspecified atom stereocenters. The van der Waals surface area contributed by atoms with Crippen LogP contribution in [0, 0.1) is 12.8 Å². The molecule has 0 amide bonds. The van der Waals surface area contributed by atoms with Gasteiger partial charge >= 0.3 is 0 Å². The average molecular weight is 300 g/mol. The zero-order valence-electron chi connectivity index (χ0n) is 13.1. The maximum atomic E-state index is 6.15. The number of ether oxygens (including phenoxy) is 1. The number of furan rings is 1. The lowest BCUT2D eigenvalue weighted by molar-refractivity contribution is -0.0801. The van der Waals surface area contributed by atoms with Gasteiger partial charge in [0.15, 0.2) is 0 Å². The second kappa shape index (κ2) is 5.94. The molecular weight excluding hydrogens is 276 g/mol. The van der Waals surface area contributed by atoms with Crippen molar-refractivity contribution < 1.29 is 9.15 Å². The fourth-order valence-electron chi connectivity index (χ4n) is 4.06. The van der Waals surface area contributed by atoms with E-state index in [0.717, 1.165) is 37.8 Å². The second-order valence-electron chi connectivity index (χ2n) is 6.60. The average Bonchev–Trinajstić information content (AvgIpc) is 3.23. The molecule has 2 aromatic heterocycles. The Hall–Kier alpha value is -1.52. The van der Waals surface area contributed by atoms with Gasteiger partial charge in [-0.25, -0.2) is 0 Å². The van der Waals surface area contributed by atoms with E-state index in [1.165, 1.54) is 12.8 Å². The first-order valence-electron chi connectivity index (χ1n) is 8.31. The second-order valence-corrected chi connectivity index (χ2v) is 6.60. The minimum Gasteiger partial charge on any atom is -0.465 e. The summed E-state index contributed by atoms with van der Waals surface area (Å²) < 4.78 is 14.2. The van der Waals surface area contributed by atoms with E-state index in [1.54, 1.807) is 0 Å². The lowest BCUT2D eigenvalue weighted by Crippen LogP contribution is -2.50. The molecule has 1 saturated heterocycles. The lowest BCUT2D eigenvalue weighted by atomic mass is 10.0. The first kappa shape index (κ1) is 14.1. The van der Waals surface area contributed by atoms with Crippen LogP contribution in [0.3, 0.4) is 0 Å². The molecule has 0 bridgehead atoms. The summed E-state index contributed by atoms with van der Waals surface area (Å²) in [5.74, 6) is 2.70. The van der Waals surface area contributed by atoms with E-state index in [0.29, 0.717) is 18.1 Å². The summed E-state index contributed by atoms with van der Waals surface area (Å²) in [4.78, 5) is 2.56. The SMILES string of the molecule is Cc1ccc(CN2CCO[C@@H]3[C@@H](Cn4cccc4)CC[C@H]32)o1. The van der Waals surface area contributed by atoms with Gasteiger partial charge in [0.2, 0.25) is 0 Å². The smallest absolute Gasteiger partial charge is 0.118 e. The molecular formula is C18H24N2O2. The van der Waals surface area contributed by atoms with Crippen LogP contribution in [-0.2, 0) is 17.8 Å². The third-order valence-electron chi connectivity index (χ3n) is 5.10. The van der Waals surface area contributed by atoms with E-state index in [1.807, 2.05) is 6.92 Å². The standard InChI is InChI=1S/C18H24N2O2/c1-14-4-6-16(22-14)13-20-10-11-21-18-15(5-7-17(18)20)12-19-8-2-3-9-19/h2-4,6,8-9,15,17-18H,5,7,10-13H2,1H3/t15-,17-,18-/m1/s1. The van der Waals surface area contributed by atoms with Crippen molar-refractivity contribution in [1.29, 1.82) is 0 Å². The molecule has 0 radical (unpaired) electrons. The first-order valence-corrected chi connectivity index (χ1v) is 8.31. The van der Waals surface area contributed by atoms with Crippen LogP contribution in [0.25, 0.3) is 0 Å². The predicted molar refractivity (Wildman–Crippen MR) is 84.5 cm³/mol. The number of morpholine rings is 1. The van der Waals surface area contributed by atoms with Gasteiger partial charge in [-0.15, -0.1) is 0 Å². The largest absolute Gasteiger partial charge is 0.465 e. The molecule has 118 valence electrons. The van der Waals surface area contributed by atoms with Gasteiger partial charge < -0.3 is 13.7 Å². The molecule has 4 rings (SSSR count). The van der Waals surface area contributed by atoms with Gasteiger partial charge in [0.25, 0.3) is 0 Å². The molecule has 3 heterocycles. The molecule has 4 nitrogen and oxygen atoms in total. The lowest BCUT2D eigenvalue weighted by Gasteiger charge is -2.39. The maximum absolute atomic E-state index is 6.15. The Labute approximate surface area is 131 Å². The predicted octanol–water partition coefficient (Wildman–Crippen LogP) is 3.07. The number of aromatic nitrogens is 1. The fourth-order valence-corrected chi connectivity index (χ4v) is 4.06. The Kier molecular flexibility index (Phi) is 3.80. The zero-order valence-corrected chi connectivity index (χ0v) is 13.1. The van der Waals surface area contributed by atoms with Crippen LogP contribution < -0.4 is 0 Å². The number of hydrogen-bond donors (Lipinski definition) is 0. The third-order valence-corrected chi connectivity index (χ3v) is 5.10. The highest BCUT2D eigenvalue weighted by Crippen LogP contribution is 2.36. The van der Waals surface area contributed by atoms with Crippen molar-refractivity contribution >= 4 is 0 Å². The van der Waals surface area contributed by atoms with E-state index in [4.69, 9.17) is 9.15 Å². The summed E-state index contributed by atoms with van der Waals surface area (Å²) in [5.41, 5.74) is 0. The number of aryl methyl sites for hydroxylation is 1. The van der Waals surface area contributed by atoms with Gasteiger partial charge in [-0.05, 0) is 44.0 Å². The van der Waals surface area contributed by atoms with Gasteiger partial charge in [0.1, 0.15) is 11.5 Å². The van der Waals surface area contributed by atoms with Crippen LogP contribution in [0.5, 0.6) is 0 Å². The van der Waals surface area contributed by atoms with Gasteiger partial charge in [-0.3, -0.25) is 4.90 Å². The van der Waals surface area contributed by atoms with E-state index in [2.05, 4.69) is 46.1 Å². The van der Waals surface area contributed by atoms with E-state index < -0.39 is 0 Å². The third kappa shape index (κ3) is 2.73. The summed E-state index contributed by atoms with van der Waals surface area (Å²) in [6.07, 6.45) is 7.16. The Balaban J connectivity index is 1.44. The topological polar surface area (TPSA) is 30.5 Å².